The monoisotopic (exact) mass is 174 g/mol. The van der Waals surface area contributed by atoms with Crippen LogP contribution in [-0.2, 0) is 0 Å². The molecule has 0 radical (unpaired) electrons. The fourth-order valence-corrected chi connectivity index (χ4v) is 1.13. The van der Waals surface area contributed by atoms with Gasteiger partial charge in [0.05, 0.1) is 17.7 Å². The summed E-state index contributed by atoms with van der Waals surface area (Å²) in [7, 11) is 0. The highest BCUT2D eigenvalue weighted by atomic mass is 14.7. The molecular weight excluding hydrogens is 160 g/mol. The SMILES string of the molecule is CC(C)c1ccnc(C(C)C#N)c1. The van der Waals surface area contributed by atoms with Crippen LogP contribution in [0.4, 0.5) is 0 Å². The summed E-state index contributed by atoms with van der Waals surface area (Å²) in [5.74, 6) is 0.381. The van der Waals surface area contributed by atoms with E-state index in [0.29, 0.717) is 5.92 Å². The van der Waals surface area contributed by atoms with Crippen LogP contribution in [0, 0.1) is 11.3 Å². The smallest absolute Gasteiger partial charge is 0.0856 e. The third-order valence-electron chi connectivity index (χ3n) is 2.11. The summed E-state index contributed by atoms with van der Waals surface area (Å²) < 4.78 is 0. The Morgan fingerprint density at radius 3 is 2.62 bits per heavy atom. The van der Waals surface area contributed by atoms with Gasteiger partial charge in [0.2, 0.25) is 0 Å². The maximum absolute atomic E-state index is 8.73. The first-order valence-corrected chi connectivity index (χ1v) is 4.50. The second-order valence-electron chi connectivity index (χ2n) is 3.52. The van der Waals surface area contributed by atoms with E-state index < -0.39 is 0 Å². The lowest BCUT2D eigenvalue weighted by Crippen LogP contribution is -1.96. The van der Waals surface area contributed by atoms with Crippen molar-refractivity contribution in [2.45, 2.75) is 32.6 Å². The first-order valence-electron chi connectivity index (χ1n) is 4.50. The van der Waals surface area contributed by atoms with Crippen molar-refractivity contribution < 1.29 is 0 Å². The molecule has 0 aliphatic heterocycles. The molecule has 1 aromatic rings. The van der Waals surface area contributed by atoms with Crippen LogP contribution in [0.5, 0.6) is 0 Å². The zero-order valence-corrected chi connectivity index (χ0v) is 8.28. The standard InChI is InChI=1S/C11H14N2/c1-8(2)10-4-5-13-11(6-10)9(3)7-12/h4-6,8-9H,1-3H3. The third-order valence-corrected chi connectivity index (χ3v) is 2.11. The van der Waals surface area contributed by atoms with E-state index in [9.17, 15) is 0 Å². The summed E-state index contributed by atoms with van der Waals surface area (Å²) in [6.45, 7) is 6.14. The predicted octanol–water partition coefficient (Wildman–Crippen LogP) is 2.83. The van der Waals surface area contributed by atoms with Gasteiger partial charge in [-0.2, -0.15) is 5.26 Å². The van der Waals surface area contributed by atoms with Crippen molar-refractivity contribution in [3.8, 4) is 6.07 Å². The van der Waals surface area contributed by atoms with Crippen LogP contribution >= 0.6 is 0 Å². The molecule has 1 unspecified atom stereocenters. The molecule has 1 atom stereocenters. The third kappa shape index (κ3) is 2.29. The Labute approximate surface area is 79.2 Å². The Morgan fingerprint density at radius 1 is 1.38 bits per heavy atom. The van der Waals surface area contributed by atoms with Crippen molar-refractivity contribution in [2.75, 3.05) is 0 Å². The zero-order chi connectivity index (χ0) is 9.84. The highest BCUT2D eigenvalue weighted by Gasteiger charge is 2.07. The maximum atomic E-state index is 8.73. The molecule has 0 saturated carbocycles. The Morgan fingerprint density at radius 2 is 2.08 bits per heavy atom. The van der Waals surface area contributed by atoms with E-state index in [1.165, 1.54) is 5.56 Å². The quantitative estimate of drug-likeness (QED) is 0.691. The van der Waals surface area contributed by atoms with Gasteiger partial charge >= 0.3 is 0 Å². The summed E-state index contributed by atoms with van der Waals surface area (Å²) in [6, 6.07) is 6.20. The normalized spacial score (nSPS) is 12.5. The molecule has 0 bridgehead atoms. The van der Waals surface area contributed by atoms with E-state index in [0.717, 1.165) is 5.69 Å². The second-order valence-corrected chi connectivity index (χ2v) is 3.52. The van der Waals surface area contributed by atoms with E-state index in [1.54, 1.807) is 6.20 Å². The highest BCUT2D eigenvalue weighted by Crippen LogP contribution is 2.18. The van der Waals surface area contributed by atoms with Crippen LogP contribution in [0.3, 0.4) is 0 Å². The Balaban J connectivity index is 3.00. The molecule has 2 nitrogen and oxygen atoms in total. The minimum absolute atomic E-state index is 0.112. The molecule has 0 saturated heterocycles. The van der Waals surface area contributed by atoms with Crippen LogP contribution in [0.25, 0.3) is 0 Å². The van der Waals surface area contributed by atoms with Gasteiger partial charge in [-0.15, -0.1) is 0 Å². The number of pyridine rings is 1. The van der Waals surface area contributed by atoms with Gasteiger partial charge in [0.25, 0.3) is 0 Å². The van der Waals surface area contributed by atoms with Crippen molar-refractivity contribution in [3.63, 3.8) is 0 Å². The number of hydrogen-bond donors (Lipinski definition) is 0. The van der Waals surface area contributed by atoms with Gasteiger partial charge in [-0.05, 0) is 30.5 Å². The minimum Gasteiger partial charge on any atom is -0.260 e. The van der Waals surface area contributed by atoms with Gasteiger partial charge in [-0.1, -0.05) is 13.8 Å². The zero-order valence-electron chi connectivity index (χ0n) is 8.28. The van der Waals surface area contributed by atoms with Crippen molar-refractivity contribution in [1.82, 2.24) is 4.98 Å². The van der Waals surface area contributed by atoms with E-state index in [1.807, 2.05) is 19.1 Å². The lowest BCUT2D eigenvalue weighted by atomic mass is 10.0. The number of hydrogen-bond acceptors (Lipinski definition) is 2. The molecule has 68 valence electrons. The molecule has 0 aromatic carbocycles. The minimum atomic E-state index is -0.112. The molecule has 0 aliphatic carbocycles. The number of rotatable bonds is 2. The topological polar surface area (TPSA) is 36.7 Å². The van der Waals surface area contributed by atoms with E-state index >= 15 is 0 Å². The number of nitriles is 1. The van der Waals surface area contributed by atoms with Gasteiger partial charge in [0.15, 0.2) is 0 Å². The van der Waals surface area contributed by atoms with Gasteiger partial charge < -0.3 is 0 Å². The maximum Gasteiger partial charge on any atom is 0.0856 e. The summed E-state index contributed by atoms with van der Waals surface area (Å²) in [5, 5.41) is 8.73. The molecule has 1 aromatic heterocycles. The number of aromatic nitrogens is 1. The molecule has 2 heteroatoms. The van der Waals surface area contributed by atoms with Crippen LogP contribution in [0.2, 0.25) is 0 Å². The summed E-state index contributed by atoms with van der Waals surface area (Å²) in [4.78, 5) is 4.17. The van der Waals surface area contributed by atoms with Gasteiger partial charge in [0.1, 0.15) is 0 Å². The Bertz CT molecular complexity index is 323. The van der Waals surface area contributed by atoms with Crippen molar-refractivity contribution in [1.29, 1.82) is 5.26 Å². The highest BCUT2D eigenvalue weighted by molar-refractivity contribution is 5.24. The average Bonchev–Trinajstić information content (AvgIpc) is 2.17. The Kier molecular flexibility index (Phi) is 3.02. The van der Waals surface area contributed by atoms with Crippen LogP contribution in [0.15, 0.2) is 18.3 Å². The summed E-state index contributed by atoms with van der Waals surface area (Å²) in [5.41, 5.74) is 2.11. The molecule has 0 spiro atoms. The van der Waals surface area contributed by atoms with Gasteiger partial charge in [0, 0.05) is 6.20 Å². The van der Waals surface area contributed by atoms with E-state index in [-0.39, 0.29) is 5.92 Å². The fourth-order valence-electron chi connectivity index (χ4n) is 1.13. The molecule has 0 fully saturated rings. The van der Waals surface area contributed by atoms with Crippen molar-refractivity contribution in [2.24, 2.45) is 0 Å². The van der Waals surface area contributed by atoms with Gasteiger partial charge in [-0.25, -0.2) is 0 Å². The van der Waals surface area contributed by atoms with Crippen LogP contribution in [0.1, 0.15) is 43.9 Å². The second kappa shape index (κ2) is 4.04. The summed E-state index contributed by atoms with van der Waals surface area (Å²) in [6.07, 6.45) is 1.78. The molecular formula is C11H14N2. The van der Waals surface area contributed by atoms with Crippen molar-refractivity contribution >= 4 is 0 Å². The lowest BCUT2D eigenvalue weighted by Gasteiger charge is -2.07. The average molecular weight is 174 g/mol. The molecule has 0 amide bonds. The molecule has 0 aliphatic rings. The van der Waals surface area contributed by atoms with Crippen LogP contribution in [-0.4, -0.2) is 4.98 Å². The summed E-state index contributed by atoms with van der Waals surface area (Å²) >= 11 is 0. The lowest BCUT2D eigenvalue weighted by molar-refractivity contribution is 0.841. The fraction of sp³-hybridized carbons (Fsp3) is 0.455. The first kappa shape index (κ1) is 9.73. The predicted molar refractivity (Wildman–Crippen MR) is 52.4 cm³/mol. The molecule has 0 N–H and O–H groups in total. The number of nitrogens with zero attached hydrogens (tertiary/aromatic N) is 2. The largest absolute Gasteiger partial charge is 0.260 e. The molecule has 1 heterocycles. The van der Waals surface area contributed by atoms with Crippen molar-refractivity contribution in [3.05, 3.63) is 29.6 Å². The van der Waals surface area contributed by atoms with E-state index in [2.05, 4.69) is 24.9 Å². The Hall–Kier alpha value is -1.36. The van der Waals surface area contributed by atoms with Crippen LogP contribution < -0.4 is 0 Å². The molecule has 13 heavy (non-hydrogen) atoms. The molecule has 1 rings (SSSR count). The first-order chi connectivity index (χ1) is 6.15. The van der Waals surface area contributed by atoms with Gasteiger partial charge in [-0.3, -0.25) is 4.98 Å². The van der Waals surface area contributed by atoms with E-state index in [4.69, 9.17) is 5.26 Å².